The van der Waals surface area contributed by atoms with Crippen LogP contribution in [-0.2, 0) is 20.9 Å². The lowest BCUT2D eigenvalue weighted by Crippen LogP contribution is -2.49. The van der Waals surface area contributed by atoms with Crippen LogP contribution in [0.25, 0.3) is 0 Å². The molecule has 1 unspecified atom stereocenters. The molecule has 2 rings (SSSR count). The van der Waals surface area contributed by atoms with Crippen molar-refractivity contribution in [3.63, 3.8) is 0 Å². The Balaban J connectivity index is 2.09. The second-order valence-electron chi connectivity index (χ2n) is 4.45. The fourth-order valence-electron chi connectivity index (χ4n) is 2.04. The van der Waals surface area contributed by atoms with E-state index in [9.17, 15) is 9.59 Å². The summed E-state index contributed by atoms with van der Waals surface area (Å²) in [4.78, 5) is 25.3. The van der Waals surface area contributed by atoms with Crippen molar-refractivity contribution in [2.75, 3.05) is 19.8 Å². The molecule has 0 aromatic heterocycles. The van der Waals surface area contributed by atoms with E-state index in [-0.39, 0.29) is 6.61 Å². The van der Waals surface area contributed by atoms with Crippen LogP contribution in [0.15, 0.2) is 24.3 Å². The van der Waals surface area contributed by atoms with Gasteiger partial charge in [0, 0.05) is 12.1 Å². The Labute approximate surface area is 117 Å². The second-order valence-corrected chi connectivity index (χ2v) is 4.45. The summed E-state index contributed by atoms with van der Waals surface area (Å²) in [5, 5.41) is 0. The molecule has 6 nitrogen and oxygen atoms in total. The third-order valence-corrected chi connectivity index (χ3v) is 3.07. The fourth-order valence-corrected chi connectivity index (χ4v) is 2.04. The number of para-hydroxylation sites is 1. The molecule has 108 valence electrons. The molecule has 0 saturated carbocycles. The minimum atomic E-state index is -1.28. The molecule has 0 fully saturated rings. The number of rotatable bonds is 3. The van der Waals surface area contributed by atoms with Gasteiger partial charge in [0.1, 0.15) is 12.4 Å². The number of carbonyl (C=O) groups excluding carboxylic acids is 2. The van der Waals surface area contributed by atoms with Crippen molar-refractivity contribution in [1.29, 1.82) is 0 Å². The van der Waals surface area contributed by atoms with Crippen molar-refractivity contribution >= 4 is 11.9 Å². The number of benzene rings is 1. The van der Waals surface area contributed by atoms with Crippen LogP contribution in [0.4, 0.5) is 0 Å². The first-order valence-corrected chi connectivity index (χ1v) is 6.55. The molecule has 1 aliphatic heterocycles. The second kappa shape index (κ2) is 6.38. The number of hydrogen-bond acceptors (Lipinski definition) is 5. The van der Waals surface area contributed by atoms with Gasteiger partial charge in [-0.05, 0) is 13.0 Å². The third kappa shape index (κ3) is 3.08. The van der Waals surface area contributed by atoms with Crippen LogP contribution in [0.2, 0.25) is 0 Å². The summed E-state index contributed by atoms with van der Waals surface area (Å²) in [6.07, 6.45) is 0. The predicted octanol–water partition coefficient (Wildman–Crippen LogP) is 0.298. The van der Waals surface area contributed by atoms with Crippen molar-refractivity contribution in [3.05, 3.63) is 29.8 Å². The normalized spacial score (nSPS) is 15.6. The monoisotopic (exact) mass is 278 g/mol. The molecule has 1 amide bonds. The molecule has 0 spiro atoms. The Morgan fingerprint density at radius 1 is 1.45 bits per heavy atom. The van der Waals surface area contributed by atoms with Gasteiger partial charge in [-0.1, -0.05) is 18.2 Å². The number of nitrogens with zero attached hydrogens (tertiary/aromatic N) is 1. The van der Waals surface area contributed by atoms with Crippen molar-refractivity contribution in [2.45, 2.75) is 19.5 Å². The highest BCUT2D eigenvalue weighted by molar-refractivity contribution is 6.01. The van der Waals surface area contributed by atoms with Crippen LogP contribution >= 0.6 is 0 Å². The lowest BCUT2D eigenvalue weighted by atomic mass is 10.1. The SMILES string of the molecule is CCOC(=O)C(N)C(=O)N1CCOc2ccccc2C1. The maximum Gasteiger partial charge on any atom is 0.332 e. The summed E-state index contributed by atoms with van der Waals surface area (Å²) in [5.74, 6) is -0.382. The molecule has 6 heteroatoms. The van der Waals surface area contributed by atoms with Crippen LogP contribution in [0.3, 0.4) is 0 Å². The molecule has 1 aliphatic rings. The molecule has 0 saturated heterocycles. The van der Waals surface area contributed by atoms with Gasteiger partial charge in [-0.15, -0.1) is 0 Å². The van der Waals surface area contributed by atoms with Gasteiger partial charge in [-0.3, -0.25) is 4.79 Å². The van der Waals surface area contributed by atoms with Gasteiger partial charge in [0.15, 0.2) is 6.04 Å². The summed E-state index contributed by atoms with van der Waals surface area (Å²) in [7, 11) is 0. The molecule has 20 heavy (non-hydrogen) atoms. The topological polar surface area (TPSA) is 81.9 Å². The van der Waals surface area contributed by atoms with E-state index in [2.05, 4.69) is 0 Å². The number of amides is 1. The summed E-state index contributed by atoms with van der Waals surface area (Å²) in [6, 6.07) is 6.22. The van der Waals surface area contributed by atoms with Crippen LogP contribution in [-0.4, -0.2) is 42.6 Å². The summed E-state index contributed by atoms with van der Waals surface area (Å²) >= 11 is 0. The quantitative estimate of drug-likeness (QED) is 0.635. The van der Waals surface area contributed by atoms with E-state index in [1.807, 2.05) is 24.3 Å². The zero-order valence-electron chi connectivity index (χ0n) is 11.4. The van der Waals surface area contributed by atoms with Crippen LogP contribution in [0, 0.1) is 0 Å². The highest BCUT2D eigenvalue weighted by Gasteiger charge is 2.29. The van der Waals surface area contributed by atoms with Crippen molar-refractivity contribution in [3.8, 4) is 5.75 Å². The summed E-state index contributed by atoms with van der Waals surface area (Å²) < 4.78 is 10.3. The van der Waals surface area contributed by atoms with E-state index in [0.29, 0.717) is 19.7 Å². The largest absolute Gasteiger partial charge is 0.491 e. The Bertz CT molecular complexity index is 504. The molecule has 2 N–H and O–H groups in total. The molecule has 0 aliphatic carbocycles. The van der Waals surface area contributed by atoms with E-state index in [1.165, 1.54) is 4.90 Å². The fraction of sp³-hybridized carbons (Fsp3) is 0.429. The Kier molecular flexibility index (Phi) is 4.57. The number of hydrogen-bond donors (Lipinski definition) is 1. The first kappa shape index (κ1) is 14.3. The van der Waals surface area contributed by atoms with E-state index in [1.54, 1.807) is 6.92 Å². The first-order valence-electron chi connectivity index (χ1n) is 6.55. The number of esters is 1. The molecule has 0 radical (unpaired) electrons. The van der Waals surface area contributed by atoms with Crippen LogP contribution in [0.1, 0.15) is 12.5 Å². The molecular formula is C14H18N2O4. The number of fused-ring (bicyclic) bond motifs is 1. The highest BCUT2D eigenvalue weighted by Crippen LogP contribution is 2.22. The van der Waals surface area contributed by atoms with Crippen molar-refractivity contribution < 1.29 is 19.1 Å². The molecule has 1 heterocycles. The molecular weight excluding hydrogens is 260 g/mol. The Morgan fingerprint density at radius 3 is 2.95 bits per heavy atom. The standard InChI is InChI=1S/C14H18N2O4/c1-2-19-14(18)12(15)13(17)16-7-8-20-11-6-4-3-5-10(11)9-16/h3-6,12H,2,7-9,15H2,1H3. The van der Waals surface area contributed by atoms with Gasteiger partial charge in [-0.2, -0.15) is 0 Å². The summed E-state index contributed by atoms with van der Waals surface area (Å²) in [6.45, 7) is 3.01. The van der Waals surface area contributed by atoms with E-state index >= 15 is 0 Å². The number of nitrogens with two attached hydrogens (primary N) is 1. The molecule has 1 aromatic rings. The maximum atomic E-state index is 12.2. The minimum absolute atomic E-state index is 0.200. The molecule has 1 aromatic carbocycles. The average Bonchev–Trinajstić information content (AvgIpc) is 2.68. The minimum Gasteiger partial charge on any atom is -0.491 e. The van der Waals surface area contributed by atoms with Gasteiger partial charge < -0.3 is 20.1 Å². The van der Waals surface area contributed by atoms with E-state index in [4.69, 9.17) is 15.2 Å². The number of ether oxygens (including phenoxy) is 2. The van der Waals surface area contributed by atoms with Crippen LogP contribution in [0.5, 0.6) is 5.75 Å². The zero-order chi connectivity index (χ0) is 14.5. The summed E-state index contributed by atoms with van der Waals surface area (Å²) in [5.41, 5.74) is 6.54. The van der Waals surface area contributed by atoms with Crippen LogP contribution < -0.4 is 10.5 Å². The lowest BCUT2D eigenvalue weighted by molar-refractivity contribution is -0.151. The van der Waals surface area contributed by atoms with Crippen molar-refractivity contribution in [2.24, 2.45) is 5.73 Å². The van der Waals surface area contributed by atoms with Gasteiger partial charge >= 0.3 is 5.97 Å². The smallest absolute Gasteiger partial charge is 0.332 e. The predicted molar refractivity (Wildman–Crippen MR) is 72.0 cm³/mol. The highest BCUT2D eigenvalue weighted by atomic mass is 16.5. The number of carbonyl (C=O) groups is 2. The Morgan fingerprint density at radius 2 is 2.20 bits per heavy atom. The van der Waals surface area contributed by atoms with Gasteiger partial charge in [0.2, 0.25) is 0 Å². The van der Waals surface area contributed by atoms with E-state index < -0.39 is 17.9 Å². The Hall–Kier alpha value is -2.08. The van der Waals surface area contributed by atoms with Gasteiger partial charge in [-0.25, -0.2) is 4.79 Å². The van der Waals surface area contributed by atoms with E-state index in [0.717, 1.165) is 11.3 Å². The van der Waals surface area contributed by atoms with Gasteiger partial charge in [0.05, 0.1) is 13.2 Å². The lowest BCUT2D eigenvalue weighted by Gasteiger charge is -2.22. The molecule has 0 bridgehead atoms. The van der Waals surface area contributed by atoms with Crippen molar-refractivity contribution in [1.82, 2.24) is 4.90 Å². The van der Waals surface area contributed by atoms with Gasteiger partial charge in [0.25, 0.3) is 5.91 Å². The maximum absolute atomic E-state index is 12.2. The molecule has 1 atom stereocenters. The first-order chi connectivity index (χ1) is 9.63. The zero-order valence-corrected chi connectivity index (χ0v) is 11.4. The average molecular weight is 278 g/mol. The third-order valence-electron chi connectivity index (χ3n) is 3.07.